The molecule has 0 spiro atoms. The predicted octanol–water partition coefficient (Wildman–Crippen LogP) is 2.78. The summed E-state index contributed by atoms with van der Waals surface area (Å²) in [5.41, 5.74) is 0.328. The van der Waals surface area contributed by atoms with Gasteiger partial charge in [0.25, 0.3) is 0 Å². The van der Waals surface area contributed by atoms with Gasteiger partial charge >= 0.3 is 0 Å². The Morgan fingerprint density at radius 3 is 2.96 bits per heavy atom. The number of rotatable bonds is 5. The third-order valence-corrected chi connectivity index (χ3v) is 4.20. The van der Waals surface area contributed by atoms with Crippen molar-refractivity contribution in [2.75, 3.05) is 16.9 Å². The van der Waals surface area contributed by atoms with E-state index in [9.17, 15) is 9.18 Å². The van der Waals surface area contributed by atoms with Gasteiger partial charge in [0.15, 0.2) is 5.76 Å². The van der Waals surface area contributed by atoms with Crippen LogP contribution in [0.3, 0.4) is 0 Å². The summed E-state index contributed by atoms with van der Waals surface area (Å²) in [5, 5.41) is 10.9. The van der Waals surface area contributed by atoms with Crippen molar-refractivity contribution in [3.63, 3.8) is 0 Å². The molecule has 0 fully saturated rings. The number of benzene rings is 1. The number of hydrogen-bond donors (Lipinski definition) is 2. The molecule has 0 aliphatic carbocycles. The van der Waals surface area contributed by atoms with Crippen LogP contribution in [0.15, 0.2) is 46.2 Å². The number of nitrogens with two attached hydrogens (primary N) is 1. The molecule has 0 saturated carbocycles. The predicted molar refractivity (Wildman–Crippen MR) is 88.6 cm³/mol. The summed E-state index contributed by atoms with van der Waals surface area (Å²) in [7, 11) is 0. The lowest BCUT2D eigenvalue weighted by atomic mass is 10.3. The smallest absolute Gasteiger partial charge is 0.234 e. The maximum absolute atomic E-state index is 13.0. The molecule has 0 saturated heterocycles. The first-order valence-electron chi connectivity index (χ1n) is 6.66. The van der Waals surface area contributed by atoms with Crippen LogP contribution in [0.2, 0.25) is 5.02 Å². The van der Waals surface area contributed by atoms with Gasteiger partial charge in [-0.3, -0.25) is 4.79 Å². The molecule has 0 aliphatic rings. The van der Waals surface area contributed by atoms with E-state index in [1.165, 1.54) is 23.1 Å². The number of furan rings is 1. The van der Waals surface area contributed by atoms with Crippen LogP contribution in [0.1, 0.15) is 0 Å². The Morgan fingerprint density at radius 1 is 1.42 bits per heavy atom. The van der Waals surface area contributed by atoms with Gasteiger partial charge in [0.05, 0.1) is 22.7 Å². The Labute approximate surface area is 145 Å². The lowest BCUT2D eigenvalue weighted by molar-refractivity contribution is -0.113. The minimum Gasteiger partial charge on any atom is -0.461 e. The number of amides is 1. The quantitative estimate of drug-likeness (QED) is 0.531. The van der Waals surface area contributed by atoms with Gasteiger partial charge in [-0.2, -0.15) is 0 Å². The largest absolute Gasteiger partial charge is 0.461 e. The number of carbonyl (C=O) groups is 1. The standard InChI is InChI=1S/C14H11ClFN5O2S/c15-9-6-8(16)3-4-10(9)18-12(22)7-24-14-20-19-13(21(14)17)11-2-1-5-23-11/h1-6H,7,17H2,(H,18,22). The monoisotopic (exact) mass is 367 g/mol. The van der Waals surface area contributed by atoms with Crippen LogP contribution in [-0.2, 0) is 4.79 Å². The summed E-state index contributed by atoms with van der Waals surface area (Å²) in [6, 6.07) is 7.12. The summed E-state index contributed by atoms with van der Waals surface area (Å²) in [6.45, 7) is 0. The molecule has 3 aromatic rings. The van der Waals surface area contributed by atoms with Gasteiger partial charge in [0.2, 0.25) is 16.9 Å². The normalized spacial score (nSPS) is 10.8. The van der Waals surface area contributed by atoms with Gasteiger partial charge in [0.1, 0.15) is 5.82 Å². The molecule has 124 valence electrons. The van der Waals surface area contributed by atoms with E-state index in [0.29, 0.717) is 22.4 Å². The summed E-state index contributed by atoms with van der Waals surface area (Å²) >= 11 is 6.95. The second-order valence-electron chi connectivity index (χ2n) is 4.61. The number of nitrogens with one attached hydrogen (secondary N) is 1. The topological polar surface area (TPSA) is 99.0 Å². The van der Waals surface area contributed by atoms with Crippen molar-refractivity contribution in [2.45, 2.75) is 5.16 Å². The van der Waals surface area contributed by atoms with E-state index >= 15 is 0 Å². The van der Waals surface area contributed by atoms with Crippen molar-refractivity contribution < 1.29 is 13.6 Å². The molecule has 0 radical (unpaired) electrons. The summed E-state index contributed by atoms with van der Waals surface area (Å²) < 4.78 is 19.4. The fraction of sp³-hybridized carbons (Fsp3) is 0.0714. The lowest BCUT2D eigenvalue weighted by Gasteiger charge is -2.07. The van der Waals surface area contributed by atoms with Crippen LogP contribution < -0.4 is 11.2 Å². The summed E-state index contributed by atoms with van der Waals surface area (Å²) in [4.78, 5) is 12.0. The fourth-order valence-corrected chi connectivity index (χ4v) is 2.73. The third kappa shape index (κ3) is 3.52. The number of anilines is 1. The van der Waals surface area contributed by atoms with Crippen molar-refractivity contribution in [1.29, 1.82) is 0 Å². The highest BCUT2D eigenvalue weighted by atomic mass is 35.5. The van der Waals surface area contributed by atoms with Gasteiger partial charge < -0.3 is 15.6 Å². The van der Waals surface area contributed by atoms with E-state index in [-0.39, 0.29) is 16.7 Å². The number of nitrogen functional groups attached to an aromatic ring is 1. The summed E-state index contributed by atoms with van der Waals surface area (Å²) in [5.74, 6) is 5.93. The third-order valence-electron chi connectivity index (χ3n) is 2.94. The molecule has 2 aromatic heterocycles. The highest BCUT2D eigenvalue weighted by Crippen LogP contribution is 2.24. The van der Waals surface area contributed by atoms with Crippen molar-refractivity contribution in [3.8, 4) is 11.6 Å². The average Bonchev–Trinajstić information content (AvgIpc) is 3.18. The van der Waals surface area contributed by atoms with E-state index in [0.717, 1.165) is 17.8 Å². The number of halogens is 2. The number of hydrogen-bond acceptors (Lipinski definition) is 6. The zero-order chi connectivity index (χ0) is 17.1. The number of aromatic nitrogens is 3. The SMILES string of the molecule is Nn1c(SCC(=O)Nc2ccc(F)cc2Cl)nnc1-c1ccco1. The van der Waals surface area contributed by atoms with E-state index in [4.69, 9.17) is 21.9 Å². The van der Waals surface area contributed by atoms with Crippen LogP contribution in [0, 0.1) is 5.82 Å². The minimum absolute atomic E-state index is 0.0290. The first kappa shape index (κ1) is 16.3. The van der Waals surface area contributed by atoms with Crippen LogP contribution in [0.4, 0.5) is 10.1 Å². The Balaban J connectivity index is 1.62. The molecule has 24 heavy (non-hydrogen) atoms. The second-order valence-corrected chi connectivity index (χ2v) is 5.96. The molecule has 0 unspecified atom stereocenters. The molecule has 0 bridgehead atoms. The van der Waals surface area contributed by atoms with Crippen LogP contribution in [0.25, 0.3) is 11.6 Å². The van der Waals surface area contributed by atoms with Crippen molar-refractivity contribution in [2.24, 2.45) is 0 Å². The highest BCUT2D eigenvalue weighted by Gasteiger charge is 2.15. The number of thioether (sulfide) groups is 1. The van der Waals surface area contributed by atoms with Crippen LogP contribution >= 0.6 is 23.4 Å². The Kier molecular flexibility index (Phi) is 4.72. The first-order chi connectivity index (χ1) is 11.5. The Hall–Kier alpha value is -2.52. The van der Waals surface area contributed by atoms with Crippen molar-refractivity contribution in [1.82, 2.24) is 14.9 Å². The Bertz CT molecular complexity index is 868. The second kappa shape index (κ2) is 6.93. The number of nitrogens with zero attached hydrogens (tertiary/aromatic N) is 3. The maximum atomic E-state index is 13.0. The molecule has 3 N–H and O–H groups in total. The molecule has 3 rings (SSSR count). The van der Waals surface area contributed by atoms with E-state index in [1.807, 2.05) is 0 Å². The lowest BCUT2D eigenvalue weighted by Crippen LogP contribution is -2.16. The van der Waals surface area contributed by atoms with Crippen molar-refractivity contribution >= 4 is 35.0 Å². The highest BCUT2D eigenvalue weighted by molar-refractivity contribution is 7.99. The van der Waals surface area contributed by atoms with Gasteiger partial charge in [-0.25, -0.2) is 9.07 Å². The van der Waals surface area contributed by atoms with Crippen molar-refractivity contribution in [3.05, 3.63) is 47.4 Å². The average molecular weight is 368 g/mol. The molecule has 0 atom stereocenters. The number of carbonyl (C=O) groups excluding carboxylic acids is 1. The molecule has 2 heterocycles. The van der Waals surface area contributed by atoms with E-state index in [2.05, 4.69) is 15.5 Å². The molecular weight excluding hydrogens is 357 g/mol. The fourth-order valence-electron chi connectivity index (χ4n) is 1.86. The molecule has 0 aliphatic heterocycles. The van der Waals surface area contributed by atoms with Gasteiger partial charge in [-0.05, 0) is 30.3 Å². The molecular formula is C14H11ClFN5O2S. The molecule has 1 aromatic carbocycles. The molecule has 1 amide bonds. The van der Waals surface area contributed by atoms with Gasteiger partial charge in [0, 0.05) is 0 Å². The first-order valence-corrected chi connectivity index (χ1v) is 8.03. The van der Waals surface area contributed by atoms with Crippen LogP contribution in [-0.4, -0.2) is 26.5 Å². The summed E-state index contributed by atoms with van der Waals surface area (Å²) in [6.07, 6.45) is 1.50. The zero-order valence-electron chi connectivity index (χ0n) is 12.1. The Morgan fingerprint density at radius 2 is 2.25 bits per heavy atom. The van der Waals surface area contributed by atoms with Gasteiger partial charge in [-0.15, -0.1) is 10.2 Å². The maximum Gasteiger partial charge on any atom is 0.234 e. The molecule has 7 nitrogen and oxygen atoms in total. The van der Waals surface area contributed by atoms with E-state index < -0.39 is 5.82 Å². The minimum atomic E-state index is -0.478. The molecule has 10 heteroatoms. The van der Waals surface area contributed by atoms with Gasteiger partial charge in [-0.1, -0.05) is 23.4 Å². The van der Waals surface area contributed by atoms with E-state index in [1.54, 1.807) is 12.1 Å². The van der Waals surface area contributed by atoms with Crippen LogP contribution in [0.5, 0.6) is 0 Å². The zero-order valence-corrected chi connectivity index (χ0v) is 13.6.